The first-order valence-corrected chi connectivity index (χ1v) is 10.7. The van der Waals surface area contributed by atoms with E-state index in [2.05, 4.69) is 15.3 Å². The predicted molar refractivity (Wildman–Crippen MR) is 107 cm³/mol. The lowest BCUT2D eigenvalue weighted by Gasteiger charge is -2.19. The second kappa shape index (κ2) is 8.13. The van der Waals surface area contributed by atoms with E-state index in [-0.39, 0.29) is 15.9 Å². The quantitative estimate of drug-likeness (QED) is 0.600. The Morgan fingerprint density at radius 3 is 2.59 bits per heavy atom. The van der Waals surface area contributed by atoms with Crippen molar-refractivity contribution < 1.29 is 22.7 Å². The van der Waals surface area contributed by atoms with E-state index in [4.69, 9.17) is 0 Å². The van der Waals surface area contributed by atoms with Crippen molar-refractivity contribution in [3.8, 4) is 0 Å². The van der Waals surface area contributed by atoms with Gasteiger partial charge in [-0.25, -0.2) is 19.2 Å². The van der Waals surface area contributed by atoms with Crippen LogP contribution in [0.5, 0.6) is 0 Å². The maximum atomic E-state index is 14.0. The Kier molecular flexibility index (Phi) is 5.80. The van der Waals surface area contributed by atoms with Gasteiger partial charge in [-0.1, -0.05) is 18.2 Å². The van der Waals surface area contributed by atoms with Gasteiger partial charge < -0.3 is 10.4 Å². The van der Waals surface area contributed by atoms with Gasteiger partial charge in [-0.2, -0.15) is 8.42 Å². The number of aryl methyl sites for hydroxylation is 1. The number of carbonyl (C=O) groups is 1. The first-order valence-electron chi connectivity index (χ1n) is 8.37. The third-order valence-electron chi connectivity index (χ3n) is 4.11. The zero-order valence-electron chi connectivity index (χ0n) is 15.4. The number of halogens is 1. The Bertz CT molecular complexity index is 1140. The number of rotatable bonds is 6. The van der Waals surface area contributed by atoms with E-state index >= 15 is 0 Å². The fourth-order valence-electron chi connectivity index (χ4n) is 2.70. The normalized spacial score (nSPS) is 12.4. The van der Waals surface area contributed by atoms with Crippen molar-refractivity contribution >= 4 is 39.0 Å². The number of anilines is 2. The van der Waals surface area contributed by atoms with E-state index in [0.29, 0.717) is 16.9 Å². The van der Waals surface area contributed by atoms with Gasteiger partial charge >= 0.3 is 6.09 Å². The van der Waals surface area contributed by atoms with Gasteiger partial charge in [0.2, 0.25) is 0 Å². The molecule has 0 spiro atoms. The van der Waals surface area contributed by atoms with Crippen molar-refractivity contribution in [2.24, 2.45) is 0 Å². The summed E-state index contributed by atoms with van der Waals surface area (Å²) in [4.78, 5) is 19.4. The van der Waals surface area contributed by atoms with Crippen LogP contribution in [-0.4, -0.2) is 29.6 Å². The van der Waals surface area contributed by atoms with Gasteiger partial charge in [0.05, 0.1) is 22.9 Å². The smallest absolute Gasteiger partial charge is 0.427 e. The number of carboxylic acid groups (broad SMARTS) is 1. The highest BCUT2D eigenvalue weighted by Gasteiger charge is 2.33. The van der Waals surface area contributed by atoms with Gasteiger partial charge in [0.25, 0.3) is 10.0 Å². The summed E-state index contributed by atoms with van der Waals surface area (Å²) in [5.74, 6) is -0.588. The number of amides is 1. The largest absolute Gasteiger partial charge is 0.464 e. The predicted octanol–water partition coefficient (Wildman–Crippen LogP) is 4.03. The van der Waals surface area contributed by atoms with Crippen LogP contribution in [0.2, 0.25) is 0 Å². The second-order valence-electron chi connectivity index (χ2n) is 6.07. The molecule has 3 aromatic rings. The molecule has 29 heavy (non-hydrogen) atoms. The number of nitrogens with zero attached hydrogens (tertiary/aromatic N) is 3. The Morgan fingerprint density at radius 1 is 1.28 bits per heavy atom. The molecule has 11 heteroatoms. The Labute approximate surface area is 170 Å². The molecule has 1 aromatic carbocycles. The molecule has 3 rings (SSSR count). The standard InChI is InChI=1S/C18H17FN4O4S2/c1-11(13-5-3-4-6-14(13)19)21-15-7-8-17(22-12(15)2)29(26,27)23(18(24)25)16-9-28-10-20-16/h3-11,21H,1-2H3,(H,24,25)/t11-/m0/s1. The summed E-state index contributed by atoms with van der Waals surface area (Å²) in [5, 5.41) is 13.3. The fraction of sp³-hybridized carbons (Fsp3) is 0.167. The monoisotopic (exact) mass is 436 g/mol. The summed E-state index contributed by atoms with van der Waals surface area (Å²) >= 11 is 1.07. The number of nitrogens with one attached hydrogen (secondary N) is 1. The maximum absolute atomic E-state index is 14.0. The Balaban J connectivity index is 1.91. The summed E-state index contributed by atoms with van der Waals surface area (Å²) in [5.41, 5.74) is 2.59. The van der Waals surface area contributed by atoms with Crippen LogP contribution >= 0.6 is 11.3 Å². The van der Waals surface area contributed by atoms with E-state index in [9.17, 15) is 22.7 Å². The van der Waals surface area contributed by atoms with Crippen LogP contribution in [-0.2, 0) is 10.0 Å². The van der Waals surface area contributed by atoms with Crippen LogP contribution < -0.4 is 9.62 Å². The van der Waals surface area contributed by atoms with Crippen molar-refractivity contribution in [2.75, 3.05) is 9.62 Å². The van der Waals surface area contributed by atoms with E-state index in [1.54, 1.807) is 32.0 Å². The lowest BCUT2D eigenvalue weighted by molar-refractivity contribution is 0.206. The second-order valence-corrected chi connectivity index (χ2v) is 8.52. The average molecular weight is 436 g/mol. The van der Waals surface area contributed by atoms with Crippen LogP contribution in [0.1, 0.15) is 24.2 Å². The molecule has 0 bridgehead atoms. The number of hydrogen-bond acceptors (Lipinski definition) is 7. The molecule has 0 aliphatic carbocycles. The topological polar surface area (TPSA) is 112 Å². The van der Waals surface area contributed by atoms with Crippen molar-refractivity contribution in [3.63, 3.8) is 0 Å². The first kappa shape index (κ1) is 20.7. The minimum Gasteiger partial charge on any atom is -0.464 e. The van der Waals surface area contributed by atoms with Crippen LogP contribution in [0.4, 0.5) is 20.7 Å². The summed E-state index contributed by atoms with van der Waals surface area (Å²) in [6.07, 6.45) is -1.69. The molecule has 0 unspecified atom stereocenters. The summed E-state index contributed by atoms with van der Waals surface area (Å²) < 4.78 is 39.7. The zero-order chi connectivity index (χ0) is 21.2. The maximum Gasteiger partial charge on any atom is 0.427 e. The summed E-state index contributed by atoms with van der Waals surface area (Å²) in [6, 6.07) is 8.57. The van der Waals surface area contributed by atoms with E-state index in [0.717, 1.165) is 11.3 Å². The van der Waals surface area contributed by atoms with Crippen LogP contribution in [0.25, 0.3) is 0 Å². The van der Waals surface area contributed by atoms with E-state index < -0.39 is 27.2 Å². The molecule has 0 aliphatic heterocycles. The third-order valence-corrected chi connectivity index (χ3v) is 6.26. The SMILES string of the molecule is Cc1nc(S(=O)(=O)N(C(=O)O)c2cscn2)ccc1N[C@@H](C)c1ccccc1F. The molecule has 0 aliphatic rings. The highest BCUT2D eigenvalue weighted by atomic mass is 32.2. The third kappa shape index (κ3) is 4.20. The summed E-state index contributed by atoms with van der Waals surface area (Å²) in [6.45, 7) is 3.33. The van der Waals surface area contributed by atoms with Crippen LogP contribution in [0.3, 0.4) is 0 Å². The van der Waals surface area contributed by atoms with Gasteiger partial charge in [-0.15, -0.1) is 15.6 Å². The number of thiazole rings is 1. The van der Waals surface area contributed by atoms with Gasteiger partial charge in [-0.3, -0.25) is 0 Å². The van der Waals surface area contributed by atoms with Crippen molar-refractivity contribution in [1.29, 1.82) is 0 Å². The zero-order valence-corrected chi connectivity index (χ0v) is 17.0. The molecule has 2 heterocycles. The molecular weight excluding hydrogens is 419 g/mol. The molecule has 0 saturated carbocycles. The molecule has 2 aromatic heterocycles. The highest BCUT2D eigenvalue weighted by molar-refractivity contribution is 7.93. The van der Waals surface area contributed by atoms with Gasteiger partial charge in [-0.05, 0) is 32.0 Å². The molecule has 0 saturated heterocycles. The van der Waals surface area contributed by atoms with E-state index in [1.165, 1.54) is 29.1 Å². The lowest BCUT2D eigenvalue weighted by Crippen LogP contribution is -2.36. The number of sulfonamides is 1. The molecule has 1 amide bonds. The number of benzene rings is 1. The first-order chi connectivity index (χ1) is 13.7. The van der Waals surface area contributed by atoms with Gasteiger partial charge in [0.1, 0.15) is 5.82 Å². The molecule has 0 fully saturated rings. The molecule has 8 nitrogen and oxygen atoms in total. The van der Waals surface area contributed by atoms with Gasteiger partial charge in [0.15, 0.2) is 10.8 Å². The van der Waals surface area contributed by atoms with Crippen molar-refractivity contribution in [2.45, 2.75) is 24.9 Å². The minimum absolute atomic E-state index is 0.181. The van der Waals surface area contributed by atoms with Crippen molar-refractivity contribution in [1.82, 2.24) is 9.97 Å². The van der Waals surface area contributed by atoms with Crippen molar-refractivity contribution in [3.05, 3.63) is 64.4 Å². The molecular formula is C18H17FN4O4S2. The van der Waals surface area contributed by atoms with Crippen LogP contribution in [0.15, 0.2) is 52.3 Å². The highest BCUT2D eigenvalue weighted by Crippen LogP contribution is 2.27. The van der Waals surface area contributed by atoms with E-state index in [1.807, 2.05) is 0 Å². The molecule has 1 atom stereocenters. The number of pyridine rings is 1. The summed E-state index contributed by atoms with van der Waals surface area (Å²) in [7, 11) is -4.47. The van der Waals surface area contributed by atoms with Crippen LogP contribution in [0, 0.1) is 12.7 Å². The Morgan fingerprint density at radius 2 is 2.00 bits per heavy atom. The molecule has 0 radical (unpaired) electrons. The Hall–Kier alpha value is -3.05. The number of aromatic nitrogens is 2. The average Bonchev–Trinajstić information content (AvgIpc) is 3.17. The molecule has 152 valence electrons. The minimum atomic E-state index is -4.47. The van der Waals surface area contributed by atoms with Gasteiger partial charge in [0, 0.05) is 10.9 Å². The fourth-order valence-corrected chi connectivity index (χ4v) is 4.51. The molecule has 2 N–H and O–H groups in total. The number of hydrogen-bond donors (Lipinski definition) is 2. The lowest BCUT2D eigenvalue weighted by atomic mass is 10.1.